The third-order valence-electron chi connectivity index (χ3n) is 4.89. The lowest BCUT2D eigenvalue weighted by atomic mass is 10.1. The van der Waals surface area contributed by atoms with E-state index in [-0.39, 0.29) is 30.0 Å². The predicted octanol–water partition coefficient (Wildman–Crippen LogP) is 5.05. The maximum absolute atomic E-state index is 13.0. The van der Waals surface area contributed by atoms with Crippen molar-refractivity contribution in [2.45, 2.75) is 29.9 Å². The number of anilines is 2. The minimum Gasteiger partial charge on any atom is -0.468 e. The molecule has 2 amide bonds. The molecule has 0 spiro atoms. The zero-order valence-electron chi connectivity index (χ0n) is 16.1. The number of furan rings is 1. The van der Waals surface area contributed by atoms with E-state index >= 15 is 0 Å². The molecule has 148 valence electrons. The summed E-state index contributed by atoms with van der Waals surface area (Å²) in [5.74, 6) is 0.444. The summed E-state index contributed by atoms with van der Waals surface area (Å²) in [7, 11) is 0. The van der Waals surface area contributed by atoms with E-state index in [2.05, 4.69) is 12.2 Å². The Morgan fingerprint density at radius 1 is 1.14 bits per heavy atom. The van der Waals surface area contributed by atoms with Gasteiger partial charge in [0.25, 0.3) is 0 Å². The number of nitrogens with zero attached hydrogens (tertiary/aromatic N) is 1. The number of carbonyl (C=O) groups is 2. The first-order valence-electron chi connectivity index (χ1n) is 9.62. The van der Waals surface area contributed by atoms with Crippen LogP contribution in [0, 0.1) is 0 Å². The van der Waals surface area contributed by atoms with Crippen LogP contribution in [0.2, 0.25) is 0 Å². The monoisotopic (exact) mass is 406 g/mol. The lowest BCUT2D eigenvalue weighted by molar-refractivity contribution is -0.121. The van der Waals surface area contributed by atoms with Gasteiger partial charge in [0.05, 0.1) is 17.2 Å². The molecule has 29 heavy (non-hydrogen) atoms. The van der Waals surface area contributed by atoms with Crippen LogP contribution in [-0.4, -0.2) is 18.4 Å². The summed E-state index contributed by atoms with van der Waals surface area (Å²) < 4.78 is 5.54. The Morgan fingerprint density at radius 3 is 2.66 bits per heavy atom. The number of thioether (sulfide) groups is 1. The van der Waals surface area contributed by atoms with Crippen LogP contribution in [0.15, 0.2) is 76.2 Å². The highest BCUT2D eigenvalue weighted by Gasteiger charge is 2.31. The molecule has 0 unspecified atom stereocenters. The molecule has 6 heteroatoms. The van der Waals surface area contributed by atoms with Gasteiger partial charge >= 0.3 is 0 Å². The number of amides is 2. The van der Waals surface area contributed by atoms with E-state index in [1.54, 1.807) is 22.9 Å². The fourth-order valence-electron chi connectivity index (χ4n) is 3.35. The van der Waals surface area contributed by atoms with Gasteiger partial charge in [-0.05, 0) is 48.4 Å². The van der Waals surface area contributed by atoms with Gasteiger partial charge in [-0.2, -0.15) is 0 Å². The van der Waals surface area contributed by atoms with Crippen LogP contribution in [0.5, 0.6) is 0 Å². The first-order valence-corrected chi connectivity index (χ1v) is 10.5. The zero-order chi connectivity index (χ0) is 20.2. The van der Waals surface area contributed by atoms with Crippen LogP contribution in [0.4, 0.5) is 11.4 Å². The predicted molar refractivity (Wildman–Crippen MR) is 115 cm³/mol. The Morgan fingerprint density at radius 2 is 1.93 bits per heavy atom. The lowest BCUT2D eigenvalue weighted by Gasteiger charge is -2.22. The summed E-state index contributed by atoms with van der Waals surface area (Å²) in [6, 6.07) is 19.1. The number of aryl methyl sites for hydroxylation is 1. The number of fused-ring (bicyclic) bond motifs is 1. The van der Waals surface area contributed by atoms with Gasteiger partial charge in [-0.25, -0.2) is 0 Å². The Balaban J connectivity index is 1.54. The number of hydrogen-bond donors (Lipinski definition) is 1. The first kappa shape index (κ1) is 19.3. The standard InChI is InChI=1S/C23H22N2O3S/c1-2-16-9-11-17(12-10-16)24-22(26)15-25-18-6-3-4-8-20(18)29-21(14-23(25)27)19-7-5-13-28-19/h3-13,21H,2,14-15H2,1H3,(H,24,26)/t21-/m1/s1. The molecule has 1 N–H and O–H groups in total. The van der Waals surface area contributed by atoms with Crippen LogP contribution in [0.3, 0.4) is 0 Å². The minimum atomic E-state index is -0.223. The molecule has 1 aliphatic heterocycles. The van der Waals surface area contributed by atoms with E-state index in [9.17, 15) is 9.59 Å². The Kier molecular flexibility index (Phi) is 5.71. The maximum Gasteiger partial charge on any atom is 0.244 e. The number of hydrogen-bond acceptors (Lipinski definition) is 4. The molecular formula is C23H22N2O3S. The third-order valence-corrected chi connectivity index (χ3v) is 6.18. The van der Waals surface area contributed by atoms with E-state index in [1.807, 2.05) is 60.7 Å². The first-order chi connectivity index (χ1) is 14.1. The van der Waals surface area contributed by atoms with Gasteiger partial charge in [-0.3, -0.25) is 9.59 Å². The second kappa shape index (κ2) is 8.57. The van der Waals surface area contributed by atoms with Crippen molar-refractivity contribution in [2.75, 3.05) is 16.8 Å². The summed E-state index contributed by atoms with van der Waals surface area (Å²) in [5, 5.41) is 2.78. The third kappa shape index (κ3) is 4.38. The van der Waals surface area contributed by atoms with Gasteiger partial charge in [0, 0.05) is 17.0 Å². The normalized spacial score (nSPS) is 16.2. The molecule has 5 nitrogen and oxygen atoms in total. The molecule has 0 aliphatic carbocycles. The molecule has 1 atom stereocenters. The molecule has 3 aromatic rings. The summed E-state index contributed by atoms with van der Waals surface area (Å²) in [6.07, 6.45) is 2.83. The molecule has 4 rings (SSSR count). The van der Waals surface area contributed by atoms with Crippen LogP contribution in [0.1, 0.15) is 29.9 Å². The van der Waals surface area contributed by atoms with Gasteiger partial charge in [-0.15, -0.1) is 11.8 Å². The van der Waals surface area contributed by atoms with Crippen LogP contribution in [0.25, 0.3) is 0 Å². The Labute approximate surface area is 174 Å². The highest BCUT2D eigenvalue weighted by Crippen LogP contribution is 2.45. The summed E-state index contributed by atoms with van der Waals surface area (Å²) >= 11 is 1.59. The van der Waals surface area contributed by atoms with Crippen molar-refractivity contribution in [3.8, 4) is 0 Å². The Hall–Kier alpha value is -2.99. The van der Waals surface area contributed by atoms with Crippen LogP contribution in [-0.2, 0) is 16.0 Å². The van der Waals surface area contributed by atoms with Crippen molar-refractivity contribution < 1.29 is 14.0 Å². The topological polar surface area (TPSA) is 62.6 Å². The molecule has 2 aromatic carbocycles. The molecule has 0 bridgehead atoms. The average Bonchev–Trinajstić information content (AvgIpc) is 3.23. The summed E-state index contributed by atoms with van der Waals surface area (Å²) in [4.78, 5) is 28.3. The highest BCUT2D eigenvalue weighted by molar-refractivity contribution is 7.99. The SMILES string of the molecule is CCc1ccc(NC(=O)CN2C(=O)C[C@H](c3ccco3)Sc3ccccc32)cc1. The molecule has 0 radical (unpaired) electrons. The number of nitrogens with one attached hydrogen (secondary N) is 1. The van der Waals surface area contributed by atoms with Crippen molar-refractivity contribution in [3.63, 3.8) is 0 Å². The molecule has 2 heterocycles. The van der Waals surface area contributed by atoms with Gasteiger partial charge in [0.2, 0.25) is 11.8 Å². The second-order valence-electron chi connectivity index (χ2n) is 6.87. The number of carbonyl (C=O) groups excluding carboxylic acids is 2. The van der Waals surface area contributed by atoms with Gasteiger partial charge in [0.15, 0.2) is 0 Å². The zero-order valence-corrected chi connectivity index (χ0v) is 16.9. The van der Waals surface area contributed by atoms with Gasteiger partial charge in [-0.1, -0.05) is 31.2 Å². The van der Waals surface area contributed by atoms with Crippen LogP contribution < -0.4 is 10.2 Å². The average molecular weight is 407 g/mol. The molecule has 1 aromatic heterocycles. The van der Waals surface area contributed by atoms with Gasteiger partial charge < -0.3 is 14.6 Å². The smallest absolute Gasteiger partial charge is 0.244 e. The summed E-state index contributed by atoms with van der Waals surface area (Å²) in [5.41, 5.74) is 2.69. The fraction of sp³-hybridized carbons (Fsp3) is 0.217. The van der Waals surface area contributed by atoms with E-state index in [1.165, 1.54) is 5.56 Å². The quantitative estimate of drug-likeness (QED) is 0.644. The molecule has 0 saturated heterocycles. The van der Waals surface area contributed by atoms with Crippen molar-refractivity contribution in [2.24, 2.45) is 0 Å². The van der Waals surface area contributed by atoms with Crippen molar-refractivity contribution in [3.05, 3.63) is 78.3 Å². The van der Waals surface area contributed by atoms with E-state index in [0.717, 1.165) is 28.5 Å². The maximum atomic E-state index is 13.0. The number of para-hydroxylation sites is 1. The van der Waals surface area contributed by atoms with Crippen molar-refractivity contribution >= 4 is 35.0 Å². The largest absolute Gasteiger partial charge is 0.468 e. The van der Waals surface area contributed by atoms with Crippen molar-refractivity contribution in [1.29, 1.82) is 0 Å². The fourth-order valence-corrected chi connectivity index (χ4v) is 4.59. The minimum absolute atomic E-state index is 0.0309. The number of benzene rings is 2. The molecular weight excluding hydrogens is 384 g/mol. The highest BCUT2D eigenvalue weighted by atomic mass is 32.2. The van der Waals surface area contributed by atoms with E-state index in [0.29, 0.717) is 0 Å². The van der Waals surface area contributed by atoms with Crippen molar-refractivity contribution in [1.82, 2.24) is 0 Å². The van der Waals surface area contributed by atoms with E-state index < -0.39 is 0 Å². The molecule has 0 saturated carbocycles. The van der Waals surface area contributed by atoms with Gasteiger partial charge in [0.1, 0.15) is 12.3 Å². The molecule has 1 aliphatic rings. The lowest BCUT2D eigenvalue weighted by Crippen LogP contribution is -2.38. The van der Waals surface area contributed by atoms with Crippen LogP contribution >= 0.6 is 11.8 Å². The Bertz CT molecular complexity index is 999. The number of rotatable bonds is 5. The molecule has 0 fully saturated rings. The second-order valence-corrected chi connectivity index (χ2v) is 8.12. The summed E-state index contributed by atoms with van der Waals surface area (Å²) in [6.45, 7) is 2.06. The van der Waals surface area contributed by atoms with E-state index in [4.69, 9.17) is 4.42 Å².